The quantitative estimate of drug-likeness (QED) is 0.522. The van der Waals surface area contributed by atoms with Crippen molar-refractivity contribution in [2.75, 3.05) is 0 Å². The average Bonchev–Trinajstić information content (AvgIpc) is 1.61. The highest BCUT2D eigenvalue weighted by atomic mass is 31.1. The van der Waals surface area contributed by atoms with Crippen molar-refractivity contribution in [2.45, 2.75) is 13.8 Å². The monoisotopic (exact) mass is 134 g/mol. The first-order chi connectivity index (χ1) is 3.63. The summed E-state index contributed by atoms with van der Waals surface area (Å²) < 4.78 is 4.34. The van der Waals surface area contributed by atoms with Crippen molar-refractivity contribution in [3.8, 4) is 0 Å². The van der Waals surface area contributed by atoms with Crippen molar-refractivity contribution in [1.29, 1.82) is 0 Å². The Bertz CT molecular complexity index is 95.9. The Labute approximate surface area is 49.3 Å². The predicted molar refractivity (Wildman–Crippen MR) is 30.8 cm³/mol. The van der Waals surface area contributed by atoms with E-state index in [-0.39, 0.29) is 14.3 Å². The SMILES string of the molecule is CC(=O)OPC(C)=O. The summed E-state index contributed by atoms with van der Waals surface area (Å²) in [5.74, 6) is -0.404. The summed E-state index contributed by atoms with van der Waals surface area (Å²) >= 11 is 0. The molecule has 0 aliphatic rings. The van der Waals surface area contributed by atoms with Crippen molar-refractivity contribution in [3.05, 3.63) is 0 Å². The zero-order chi connectivity index (χ0) is 6.57. The predicted octanol–water partition coefficient (Wildman–Crippen LogP) is 0.690. The Morgan fingerprint density at radius 2 is 1.88 bits per heavy atom. The highest BCUT2D eigenvalue weighted by Crippen LogP contribution is 2.11. The molecule has 0 aliphatic heterocycles. The van der Waals surface area contributed by atoms with Gasteiger partial charge < -0.3 is 4.52 Å². The number of carbonyl (C=O) groups is 2. The molecule has 0 saturated heterocycles. The first-order valence-electron chi connectivity index (χ1n) is 2.07. The van der Waals surface area contributed by atoms with E-state index in [2.05, 4.69) is 4.52 Å². The van der Waals surface area contributed by atoms with Gasteiger partial charge in [0.1, 0.15) is 8.81 Å². The second-order valence-corrected chi connectivity index (χ2v) is 2.36. The highest BCUT2D eigenvalue weighted by Gasteiger charge is 1.94. The third-order valence-electron chi connectivity index (χ3n) is 0.338. The maximum Gasteiger partial charge on any atom is 0.305 e. The number of hydrogen-bond donors (Lipinski definition) is 0. The molecule has 0 aromatic carbocycles. The normalized spacial score (nSPS) is 9.75. The van der Waals surface area contributed by atoms with Gasteiger partial charge in [-0.1, -0.05) is 0 Å². The summed E-state index contributed by atoms with van der Waals surface area (Å²) in [6, 6.07) is 0. The van der Waals surface area contributed by atoms with Crippen molar-refractivity contribution in [1.82, 2.24) is 0 Å². The molecule has 0 amide bonds. The molecule has 0 bridgehead atoms. The largest absolute Gasteiger partial charge is 0.440 e. The molecule has 46 valence electrons. The van der Waals surface area contributed by atoms with Crippen LogP contribution in [0.1, 0.15) is 13.8 Å². The Hall–Kier alpha value is -0.430. The standard InChI is InChI=1S/C4H7O3P/c1-3(5)7-8-4(2)6/h8H,1-2H3. The zero-order valence-corrected chi connectivity index (χ0v) is 5.72. The minimum atomic E-state index is -0.404. The maximum absolute atomic E-state index is 10.1. The van der Waals surface area contributed by atoms with Crippen LogP contribution in [0, 0.1) is 0 Å². The van der Waals surface area contributed by atoms with Crippen LogP contribution in [0.3, 0.4) is 0 Å². The van der Waals surface area contributed by atoms with Gasteiger partial charge in [0.05, 0.1) is 0 Å². The van der Waals surface area contributed by atoms with Crippen molar-refractivity contribution < 1.29 is 14.1 Å². The second-order valence-electron chi connectivity index (χ2n) is 1.25. The number of rotatable bonds is 2. The van der Waals surface area contributed by atoms with Gasteiger partial charge in [-0.05, 0) is 0 Å². The lowest BCUT2D eigenvalue weighted by molar-refractivity contribution is -0.131. The molecule has 4 heteroatoms. The van der Waals surface area contributed by atoms with Gasteiger partial charge >= 0.3 is 5.97 Å². The molecule has 3 nitrogen and oxygen atoms in total. The molecule has 0 radical (unpaired) electrons. The first-order valence-corrected chi connectivity index (χ1v) is 2.97. The Morgan fingerprint density at radius 1 is 1.38 bits per heavy atom. The highest BCUT2D eigenvalue weighted by molar-refractivity contribution is 7.53. The zero-order valence-electron chi connectivity index (χ0n) is 4.72. The fraction of sp³-hybridized carbons (Fsp3) is 0.500. The lowest BCUT2D eigenvalue weighted by Gasteiger charge is -1.92. The molecular weight excluding hydrogens is 127 g/mol. The van der Waals surface area contributed by atoms with E-state index < -0.39 is 5.97 Å². The van der Waals surface area contributed by atoms with E-state index in [1.807, 2.05) is 0 Å². The molecule has 8 heavy (non-hydrogen) atoms. The lowest BCUT2D eigenvalue weighted by Crippen LogP contribution is -1.89. The Kier molecular flexibility index (Phi) is 3.37. The summed E-state index contributed by atoms with van der Waals surface area (Å²) in [5.41, 5.74) is -0.111. The molecule has 0 rings (SSSR count). The third-order valence-corrected chi connectivity index (χ3v) is 1.02. The molecular formula is C4H7O3P. The van der Waals surface area contributed by atoms with Gasteiger partial charge in [-0.25, -0.2) is 0 Å². The van der Waals surface area contributed by atoms with Crippen LogP contribution in [0.2, 0.25) is 0 Å². The van der Waals surface area contributed by atoms with Crippen LogP contribution >= 0.6 is 8.81 Å². The molecule has 0 N–H and O–H groups in total. The number of carbonyl (C=O) groups excluding carboxylic acids is 2. The van der Waals surface area contributed by atoms with Crippen LogP contribution in [0.15, 0.2) is 0 Å². The minimum Gasteiger partial charge on any atom is -0.440 e. The summed E-state index contributed by atoms with van der Waals surface area (Å²) in [7, 11) is -0.319. The van der Waals surface area contributed by atoms with Crippen LogP contribution in [0.25, 0.3) is 0 Å². The van der Waals surface area contributed by atoms with Crippen molar-refractivity contribution in [2.24, 2.45) is 0 Å². The van der Waals surface area contributed by atoms with E-state index in [0.29, 0.717) is 0 Å². The van der Waals surface area contributed by atoms with E-state index >= 15 is 0 Å². The van der Waals surface area contributed by atoms with Gasteiger partial charge in [-0.15, -0.1) is 0 Å². The maximum atomic E-state index is 10.1. The van der Waals surface area contributed by atoms with Crippen LogP contribution in [-0.2, 0) is 14.1 Å². The molecule has 0 heterocycles. The van der Waals surface area contributed by atoms with Gasteiger partial charge in [0, 0.05) is 13.8 Å². The summed E-state index contributed by atoms with van der Waals surface area (Å²) in [4.78, 5) is 20.1. The molecule has 1 unspecified atom stereocenters. The van der Waals surface area contributed by atoms with Crippen molar-refractivity contribution >= 4 is 20.3 Å². The van der Waals surface area contributed by atoms with Gasteiger partial charge in [0.2, 0.25) is 0 Å². The fourth-order valence-corrected chi connectivity index (χ4v) is 0.431. The first kappa shape index (κ1) is 7.57. The molecule has 1 atom stereocenters. The van der Waals surface area contributed by atoms with Crippen LogP contribution < -0.4 is 0 Å². The Balaban J connectivity index is 3.18. The lowest BCUT2D eigenvalue weighted by atomic mass is 10.9. The van der Waals surface area contributed by atoms with E-state index in [4.69, 9.17) is 0 Å². The Morgan fingerprint density at radius 3 is 2.00 bits per heavy atom. The fourth-order valence-electron chi connectivity index (χ4n) is 0.144. The van der Waals surface area contributed by atoms with Gasteiger partial charge in [0.25, 0.3) is 0 Å². The molecule has 0 spiro atoms. The molecule has 0 fully saturated rings. The number of hydrogen-bond acceptors (Lipinski definition) is 3. The topological polar surface area (TPSA) is 43.4 Å². The van der Waals surface area contributed by atoms with Gasteiger partial charge in [-0.2, -0.15) is 0 Å². The minimum absolute atomic E-state index is 0.111. The van der Waals surface area contributed by atoms with E-state index in [1.54, 1.807) is 0 Å². The third kappa shape index (κ3) is 5.57. The van der Waals surface area contributed by atoms with E-state index in [1.165, 1.54) is 13.8 Å². The van der Waals surface area contributed by atoms with Crippen LogP contribution in [0.4, 0.5) is 0 Å². The molecule has 0 saturated carbocycles. The van der Waals surface area contributed by atoms with Crippen LogP contribution in [0.5, 0.6) is 0 Å². The second kappa shape index (κ2) is 3.56. The molecule has 0 aromatic rings. The van der Waals surface area contributed by atoms with Gasteiger partial charge in [-0.3, -0.25) is 9.59 Å². The van der Waals surface area contributed by atoms with E-state index in [9.17, 15) is 9.59 Å². The summed E-state index contributed by atoms with van der Waals surface area (Å²) in [5, 5.41) is 0. The van der Waals surface area contributed by atoms with Crippen molar-refractivity contribution in [3.63, 3.8) is 0 Å². The molecule has 0 aliphatic carbocycles. The van der Waals surface area contributed by atoms with E-state index in [0.717, 1.165) is 0 Å². The smallest absolute Gasteiger partial charge is 0.305 e. The summed E-state index contributed by atoms with van der Waals surface area (Å²) in [6.07, 6.45) is 0. The molecule has 0 aromatic heterocycles. The summed E-state index contributed by atoms with van der Waals surface area (Å²) in [6.45, 7) is 2.65. The van der Waals surface area contributed by atoms with Crippen LogP contribution in [-0.4, -0.2) is 11.5 Å². The average molecular weight is 134 g/mol. The van der Waals surface area contributed by atoms with Gasteiger partial charge in [0.15, 0.2) is 5.52 Å².